The lowest BCUT2D eigenvalue weighted by Gasteiger charge is -2.37. The summed E-state index contributed by atoms with van der Waals surface area (Å²) in [5, 5.41) is 6.28. The van der Waals surface area contributed by atoms with E-state index in [1.165, 1.54) is 12.0 Å². The van der Waals surface area contributed by atoms with E-state index in [-0.39, 0.29) is 5.91 Å². The van der Waals surface area contributed by atoms with Gasteiger partial charge in [0.25, 0.3) is 5.91 Å². The molecule has 0 saturated carbocycles. The topological polar surface area (TPSA) is 73.1 Å². The summed E-state index contributed by atoms with van der Waals surface area (Å²) in [6, 6.07) is 12.3. The number of guanidine groups is 1. The third kappa shape index (κ3) is 5.76. The Bertz CT molecular complexity index is 795. The van der Waals surface area contributed by atoms with E-state index in [1.807, 2.05) is 13.0 Å². The van der Waals surface area contributed by atoms with Gasteiger partial charge in [-0.25, -0.2) is 0 Å². The predicted molar refractivity (Wildman–Crippen MR) is 117 cm³/mol. The number of rotatable bonds is 7. The molecule has 1 amide bonds. The lowest BCUT2D eigenvalue weighted by Crippen LogP contribution is -2.52. The van der Waals surface area contributed by atoms with Gasteiger partial charge in [-0.1, -0.05) is 18.2 Å². The SMILES string of the molecule is CCNC(=NCCCNC(=O)c1occc1C)N1CCN(c2ccccc2)CC1. The molecule has 156 valence electrons. The van der Waals surface area contributed by atoms with Gasteiger partial charge in [0.05, 0.1) is 6.26 Å². The molecule has 1 aromatic heterocycles. The highest BCUT2D eigenvalue weighted by molar-refractivity contribution is 5.92. The second kappa shape index (κ2) is 10.5. The Labute approximate surface area is 172 Å². The maximum Gasteiger partial charge on any atom is 0.287 e. The fourth-order valence-corrected chi connectivity index (χ4v) is 3.39. The van der Waals surface area contributed by atoms with Crippen LogP contribution in [0.5, 0.6) is 0 Å². The van der Waals surface area contributed by atoms with Crippen LogP contribution < -0.4 is 15.5 Å². The van der Waals surface area contributed by atoms with Gasteiger partial charge in [-0.2, -0.15) is 0 Å². The fraction of sp³-hybridized carbons (Fsp3) is 0.455. The normalized spacial score (nSPS) is 14.8. The molecule has 1 aliphatic heterocycles. The molecule has 7 heteroatoms. The van der Waals surface area contributed by atoms with Gasteiger partial charge < -0.3 is 24.9 Å². The Kier molecular flexibility index (Phi) is 7.55. The molecule has 1 aliphatic rings. The zero-order chi connectivity index (χ0) is 20.5. The summed E-state index contributed by atoms with van der Waals surface area (Å²) in [6.45, 7) is 9.86. The number of aliphatic imine (C=N–C) groups is 1. The standard InChI is InChI=1S/C22H31N5O2/c1-3-23-22(25-12-7-11-24-21(28)20-18(2)10-17-29-20)27-15-13-26(14-16-27)19-8-5-4-6-9-19/h4-6,8-10,17H,3,7,11-16H2,1-2H3,(H,23,25)(H,24,28). The molecule has 1 aromatic carbocycles. The first kappa shape index (κ1) is 20.8. The number of para-hydroxylation sites is 1. The highest BCUT2D eigenvalue weighted by atomic mass is 16.3. The van der Waals surface area contributed by atoms with Crippen LogP contribution in [0.4, 0.5) is 5.69 Å². The average Bonchev–Trinajstić information content (AvgIpc) is 3.19. The second-order valence-electron chi connectivity index (χ2n) is 7.09. The molecule has 0 bridgehead atoms. The van der Waals surface area contributed by atoms with Crippen molar-refractivity contribution < 1.29 is 9.21 Å². The van der Waals surface area contributed by atoms with Crippen molar-refractivity contribution in [1.29, 1.82) is 0 Å². The Balaban J connectivity index is 1.44. The van der Waals surface area contributed by atoms with Gasteiger partial charge in [0.15, 0.2) is 11.7 Å². The number of hydrogen-bond acceptors (Lipinski definition) is 4. The third-order valence-corrected chi connectivity index (χ3v) is 4.99. The van der Waals surface area contributed by atoms with E-state index < -0.39 is 0 Å². The van der Waals surface area contributed by atoms with E-state index in [0.717, 1.165) is 50.7 Å². The van der Waals surface area contributed by atoms with Crippen LogP contribution in [0.2, 0.25) is 0 Å². The molecule has 2 aromatic rings. The summed E-state index contributed by atoms with van der Waals surface area (Å²) in [5.74, 6) is 1.17. The van der Waals surface area contributed by atoms with Gasteiger partial charge >= 0.3 is 0 Å². The van der Waals surface area contributed by atoms with Gasteiger partial charge in [0.2, 0.25) is 0 Å². The fourth-order valence-electron chi connectivity index (χ4n) is 3.39. The Morgan fingerprint density at radius 3 is 2.52 bits per heavy atom. The molecule has 1 saturated heterocycles. The first-order chi connectivity index (χ1) is 14.2. The van der Waals surface area contributed by atoms with Crippen LogP contribution in [0, 0.1) is 6.92 Å². The van der Waals surface area contributed by atoms with Crippen molar-refractivity contribution in [3.63, 3.8) is 0 Å². The van der Waals surface area contributed by atoms with E-state index in [1.54, 1.807) is 6.07 Å². The van der Waals surface area contributed by atoms with Crippen molar-refractivity contribution in [2.75, 3.05) is 50.7 Å². The minimum Gasteiger partial charge on any atom is -0.459 e. The minimum atomic E-state index is -0.166. The first-order valence-electron chi connectivity index (χ1n) is 10.3. The highest BCUT2D eigenvalue weighted by Crippen LogP contribution is 2.15. The van der Waals surface area contributed by atoms with E-state index in [4.69, 9.17) is 9.41 Å². The highest BCUT2D eigenvalue weighted by Gasteiger charge is 2.19. The quantitative estimate of drug-likeness (QED) is 0.427. The van der Waals surface area contributed by atoms with Crippen LogP contribution in [0.15, 0.2) is 52.1 Å². The number of benzene rings is 1. The number of furan rings is 1. The number of aryl methyl sites for hydroxylation is 1. The Morgan fingerprint density at radius 1 is 1.10 bits per heavy atom. The molecule has 1 fully saturated rings. The molecule has 0 atom stereocenters. The Morgan fingerprint density at radius 2 is 1.86 bits per heavy atom. The molecule has 7 nitrogen and oxygen atoms in total. The first-order valence-corrected chi connectivity index (χ1v) is 10.3. The van der Waals surface area contributed by atoms with Gasteiger partial charge in [0, 0.05) is 57.1 Å². The number of amides is 1. The molecule has 2 N–H and O–H groups in total. The van der Waals surface area contributed by atoms with Gasteiger partial charge in [0.1, 0.15) is 0 Å². The largest absolute Gasteiger partial charge is 0.459 e. The summed E-state index contributed by atoms with van der Waals surface area (Å²) in [6.07, 6.45) is 2.32. The van der Waals surface area contributed by atoms with Gasteiger partial charge in [-0.3, -0.25) is 9.79 Å². The molecule has 0 aliphatic carbocycles. The molecule has 0 spiro atoms. The number of anilines is 1. The van der Waals surface area contributed by atoms with Crippen molar-refractivity contribution in [1.82, 2.24) is 15.5 Å². The number of nitrogens with zero attached hydrogens (tertiary/aromatic N) is 3. The Hall–Kier alpha value is -2.96. The maximum absolute atomic E-state index is 12.1. The van der Waals surface area contributed by atoms with Crippen LogP contribution in [0.1, 0.15) is 29.5 Å². The van der Waals surface area contributed by atoms with Crippen LogP contribution >= 0.6 is 0 Å². The summed E-state index contributed by atoms with van der Waals surface area (Å²) < 4.78 is 5.21. The number of hydrogen-bond donors (Lipinski definition) is 2. The van der Waals surface area contributed by atoms with Crippen LogP contribution in [-0.4, -0.2) is 62.6 Å². The molecule has 2 heterocycles. The van der Waals surface area contributed by atoms with Crippen molar-refractivity contribution in [3.05, 3.63) is 54.0 Å². The lowest BCUT2D eigenvalue weighted by molar-refractivity contribution is 0.0925. The lowest BCUT2D eigenvalue weighted by atomic mass is 10.2. The average molecular weight is 398 g/mol. The smallest absolute Gasteiger partial charge is 0.287 e. The molecule has 29 heavy (non-hydrogen) atoms. The summed E-state index contributed by atoms with van der Waals surface area (Å²) >= 11 is 0. The summed E-state index contributed by atoms with van der Waals surface area (Å²) in [4.78, 5) is 21.5. The maximum atomic E-state index is 12.1. The zero-order valence-electron chi connectivity index (χ0n) is 17.4. The third-order valence-electron chi connectivity index (χ3n) is 4.99. The number of carbonyl (C=O) groups is 1. The minimum absolute atomic E-state index is 0.166. The van der Waals surface area contributed by atoms with Crippen molar-refractivity contribution in [2.24, 2.45) is 4.99 Å². The summed E-state index contributed by atoms with van der Waals surface area (Å²) in [7, 11) is 0. The number of piperazine rings is 1. The van der Waals surface area contributed by atoms with E-state index >= 15 is 0 Å². The molecular weight excluding hydrogens is 366 g/mol. The van der Waals surface area contributed by atoms with Crippen LogP contribution in [-0.2, 0) is 0 Å². The van der Waals surface area contributed by atoms with Gasteiger partial charge in [-0.15, -0.1) is 0 Å². The van der Waals surface area contributed by atoms with Crippen molar-refractivity contribution >= 4 is 17.6 Å². The van der Waals surface area contributed by atoms with Crippen LogP contribution in [0.25, 0.3) is 0 Å². The number of carbonyl (C=O) groups excluding carboxylic acids is 1. The van der Waals surface area contributed by atoms with Crippen molar-refractivity contribution in [2.45, 2.75) is 20.3 Å². The van der Waals surface area contributed by atoms with E-state index in [0.29, 0.717) is 18.8 Å². The van der Waals surface area contributed by atoms with E-state index in [9.17, 15) is 4.79 Å². The second-order valence-corrected chi connectivity index (χ2v) is 7.09. The number of nitrogens with one attached hydrogen (secondary N) is 2. The van der Waals surface area contributed by atoms with Gasteiger partial charge in [-0.05, 0) is 38.5 Å². The zero-order valence-corrected chi connectivity index (χ0v) is 17.4. The van der Waals surface area contributed by atoms with Crippen molar-refractivity contribution in [3.8, 4) is 0 Å². The monoisotopic (exact) mass is 397 g/mol. The van der Waals surface area contributed by atoms with Crippen LogP contribution in [0.3, 0.4) is 0 Å². The molecular formula is C22H31N5O2. The summed E-state index contributed by atoms with van der Waals surface area (Å²) in [5.41, 5.74) is 2.13. The molecule has 0 radical (unpaired) electrons. The van der Waals surface area contributed by atoms with E-state index in [2.05, 4.69) is 51.6 Å². The predicted octanol–water partition coefficient (Wildman–Crippen LogP) is 2.50. The molecule has 0 unspecified atom stereocenters. The molecule has 3 rings (SSSR count).